The SMILES string of the molecule is CN(C(=O)C(Cl)(Cl)Cl)c1ccc(C(=O)ON2C(=O)CCC2=O)cc1. The molecule has 1 aromatic carbocycles. The molecule has 0 unspecified atom stereocenters. The van der Waals surface area contributed by atoms with Crippen LogP contribution in [0.2, 0.25) is 0 Å². The molecule has 0 N–H and O–H groups in total. The zero-order valence-corrected chi connectivity index (χ0v) is 14.6. The maximum absolute atomic E-state index is 12.0. The number of carbonyl (C=O) groups excluding carboxylic acids is 4. The van der Waals surface area contributed by atoms with Gasteiger partial charge in [0.2, 0.25) is 0 Å². The van der Waals surface area contributed by atoms with Crippen molar-refractivity contribution in [3.05, 3.63) is 29.8 Å². The lowest BCUT2D eigenvalue weighted by molar-refractivity contribution is -0.172. The molecule has 1 heterocycles. The van der Waals surface area contributed by atoms with E-state index in [1.165, 1.54) is 31.3 Å². The minimum atomic E-state index is -2.11. The Kier molecular flexibility index (Phi) is 5.37. The molecule has 0 spiro atoms. The number of benzene rings is 1. The lowest BCUT2D eigenvalue weighted by atomic mass is 10.2. The second kappa shape index (κ2) is 6.96. The van der Waals surface area contributed by atoms with Crippen molar-refractivity contribution < 1.29 is 24.0 Å². The number of imide groups is 1. The first-order chi connectivity index (χ1) is 11.1. The van der Waals surface area contributed by atoms with Gasteiger partial charge < -0.3 is 9.74 Å². The number of hydroxylamine groups is 2. The highest BCUT2D eigenvalue weighted by molar-refractivity contribution is 6.76. The molecular formula is C14H11Cl3N2O5. The highest BCUT2D eigenvalue weighted by atomic mass is 35.6. The molecule has 3 amide bonds. The number of rotatable bonds is 3. The van der Waals surface area contributed by atoms with Crippen LogP contribution in [0, 0.1) is 0 Å². The van der Waals surface area contributed by atoms with Gasteiger partial charge in [0.15, 0.2) is 0 Å². The average Bonchev–Trinajstić information content (AvgIpc) is 2.84. The van der Waals surface area contributed by atoms with Crippen LogP contribution in [0.15, 0.2) is 24.3 Å². The fourth-order valence-corrected chi connectivity index (χ4v) is 2.30. The summed E-state index contributed by atoms with van der Waals surface area (Å²) in [7, 11) is 1.40. The molecule has 10 heteroatoms. The highest BCUT2D eigenvalue weighted by Crippen LogP contribution is 2.30. The van der Waals surface area contributed by atoms with Gasteiger partial charge in [-0.15, -0.1) is 5.06 Å². The Morgan fingerprint density at radius 2 is 1.58 bits per heavy atom. The van der Waals surface area contributed by atoms with Crippen LogP contribution >= 0.6 is 34.8 Å². The Morgan fingerprint density at radius 3 is 2.04 bits per heavy atom. The summed E-state index contributed by atoms with van der Waals surface area (Å²) in [4.78, 5) is 52.5. The molecule has 0 saturated carbocycles. The van der Waals surface area contributed by atoms with Gasteiger partial charge in [0.05, 0.1) is 5.56 Å². The maximum Gasteiger partial charge on any atom is 0.363 e. The largest absolute Gasteiger partial charge is 0.363 e. The molecule has 1 fully saturated rings. The molecule has 128 valence electrons. The molecule has 1 aromatic rings. The van der Waals surface area contributed by atoms with E-state index in [0.717, 1.165) is 4.90 Å². The van der Waals surface area contributed by atoms with Crippen molar-refractivity contribution in [2.75, 3.05) is 11.9 Å². The molecule has 1 saturated heterocycles. The molecule has 0 aromatic heterocycles. The van der Waals surface area contributed by atoms with E-state index in [1.54, 1.807) is 0 Å². The smallest absolute Gasteiger partial charge is 0.325 e. The van der Waals surface area contributed by atoms with Crippen LogP contribution in [0.4, 0.5) is 5.69 Å². The fraction of sp³-hybridized carbons (Fsp3) is 0.286. The molecular weight excluding hydrogens is 383 g/mol. The molecule has 24 heavy (non-hydrogen) atoms. The Labute approximate surface area is 151 Å². The summed E-state index contributed by atoms with van der Waals surface area (Å²) in [6, 6.07) is 5.56. The van der Waals surface area contributed by atoms with E-state index in [0.29, 0.717) is 10.8 Å². The van der Waals surface area contributed by atoms with Crippen LogP contribution in [0.3, 0.4) is 0 Å². The number of anilines is 1. The number of hydrogen-bond donors (Lipinski definition) is 0. The zero-order valence-electron chi connectivity index (χ0n) is 12.3. The fourth-order valence-electron chi connectivity index (χ4n) is 1.92. The predicted octanol–water partition coefficient (Wildman–Crippen LogP) is 2.24. The Bertz CT molecular complexity index is 683. The molecule has 0 atom stereocenters. The van der Waals surface area contributed by atoms with E-state index in [4.69, 9.17) is 39.6 Å². The second-order valence-corrected chi connectivity index (χ2v) is 7.15. The van der Waals surface area contributed by atoms with Crippen molar-refractivity contribution >= 4 is 64.2 Å². The Morgan fingerprint density at radius 1 is 1.08 bits per heavy atom. The normalized spacial score (nSPS) is 14.8. The summed E-state index contributed by atoms with van der Waals surface area (Å²) in [5, 5.41) is 0.453. The van der Waals surface area contributed by atoms with E-state index in [9.17, 15) is 19.2 Å². The third kappa shape index (κ3) is 3.98. The molecule has 0 bridgehead atoms. The highest BCUT2D eigenvalue weighted by Gasteiger charge is 2.35. The quantitative estimate of drug-likeness (QED) is 0.581. The summed E-state index contributed by atoms with van der Waals surface area (Å²) in [5.41, 5.74) is 0.456. The maximum atomic E-state index is 12.0. The predicted molar refractivity (Wildman–Crippen MR) is 86.6 cm³/mol. The minimum Gasteiger partial charge on any atom is -0.325 e. The van der Waals surface area contributed by atoms with Crippen molar-refractivity contribution in [3.8, 4) is 0 Å². The summed E-state index contributed by atoms with van der Waals surface area (Å²) < 4.78 is -2.11. The monoisotopic (exact) mass is 392 g/mol. The van der Waals surface area contributed by atoms with Gasteiger partial charge in [0.25, 0.3) is 21.5 Å². The van der Waals surface area contributed by atoms with Crippen LogP contribution in [0.5, 0.6) is 0 Å². The van der Waals surface area contributed by atoms with E-state index in [1.807, 2.05) is 0 Å². The Balaban J connectivity index is 2.09. The molecule has 1 aliphatic heterocycles. The van der Waals surface area contributed by atoms with Gasteiger partial charge in [-0.2, -0.15) is 0 Å². The third-order valence-electron chi connectivity index (χ3n) is 3.22. The zero-order chi connectivity index (χ0) is 18.1. The number of amides is 3. The number of nitrogens with zero attached hydrogens (tertiary/aromatic N) is 2. The lowest BCUT2D eigenvalue weighted by Crippen LogP contribution is -2.36. The summed E-state index contributed by atoms with van der Waals surface area (Å²) in [6.45, 7) is 0. The number of alkyl halides is 3. The standard InChI is InChI=1S/C14H11Cl3N2O5/c1-18(13(23)14(15,16)17)9-4-2-8(3-5-9)12(22)24-19-10(20)6-7-11(19)21/h2-5H,6-7H2,1H3. The van der Waals surface area contributed by atoms with E-state index < -0.39 is 27.5 Å². The molecule has 7 nitrogen and oxygen atoms in total. The number of halogens is 3. The Hall–Kier alpha value is -1.83. The molecule has 0 aliphatic carbocycles. The number of carbonyl (C=O) groups is 4. The van der Waals surface area contributed by atoms with Crippen molar-refractivity contribution in [3.63, 3.8) is 0 Å². The van der Waals surface area contributed by atoms with Crippen LogP contribution in [0.1, 0.15) is 23.2 Å². The third-order valence-corrected chi connectivity index (χ3v) is 3.70. The van der Waals surface area contributed by atoms with Crippen LogP contribution < -0.4 is 4.90 Å². The number of hydrogen-bond acceptors (Lipinski definition) is 5. The van der Waals surface area contributed by atoms with Crippen molar-refractivity contribution in [1.29, 1.82) is 0 Å². The molecule has 1 aliphatic rings. The first-order valence-electron chi connectivity index (χ1n) is 6.64. The van der Waals surface area contributed by atoms with Crippen LogP contribution in [0.25, 0.3) is 0 Å². The van der Waals surface area contributed by atoms with Gasteiger partial charge in [-0.1, -0.05) is 34.8 Å². The van der Waals surface area contributed by atoms with E-state index >= 15 is 0 Å². The van der Waals surface area contributed by atoms with E-state index in [-0.39, 0.29) is 18.4 Å². The van der Waals surface area contributed by atoms with Gasteiger partial charge in [-0.25, -0.2) is 4.79 Å². The summed E-state index contributed by atoms with van der Waals surface area (Å²) >= 11 is 16.6. The minimum absolute atomic E-state index is 0.00891. The van der Waals surface area contributed by atoms with Crippen molar-refractivity contribution in [2.45, 2.75) is 16.6 Å². The van der Waals surface area contributed by atoms with Gasteiger partial charge in [0.1, 0.15) is 0 Å². The van der Waals surface area contributed by atoms with Crippen molar-refractivity contribution in [2.24, 2.45) is 0 Å². The van der Waals surface area contributed by atoms with Crippen LogP contribution in [-0.2, 0) is 19.2 Å². The van der Waals surface area contributed by atoms with Gasteiger partial charge in [-0.3, -0.25) is 14.4 Å². The topological polar surface area (TPSA) is 84.0 Å². The first kappa shape index (κ1) is 18.5. The summed E-state index contributed by atoms with van der Waals surface area (Å²) in [5.74, 6) is -2.78. The molecule has 0 radical (unpaired) electrons. The van der Waals surface area contributed by atoms with Gasteiger partial charge >= 0.3 is 5.97 Å². The lowest BCUT2D eigenvalue weighted by Gasteiger charge is -2.21. The summed E-state index contributed by atoms with van der Waals surface area (Å²) in [6.07, 6.45) is 0.0178. The van der Waals surface area contributed by atoms with Crippen molar-refractivity contribution in [1.82, 2.24) is 5.06 Å². The van der Waals surface area contributed by atoms with Gasteiger partial charge in [0, 0.05) is 25.6 Å². The second-order valence-electron chi connectivity index (χ2n) is 4.87. The van der Waals surface area contributed by atoms with Gasteiger partial charge in [-0.05, 0) is 24.3 Å². The van der Waals surface area contributed by atoms with Crippen LogP contribution in [-0.4, -0.2) is 39.6 Å². The first-order valence-corrected chi connectivity index (χ1v) is 7.77. The average molecular weight is 394 g/mol. The molecule has 2 rings (SSSR count). The van der Waals surface area contributed by atoms with E-state index in [2.05, 4.69) is 0 Å².